The molecule has 134 valence electrons. The number of hydrogen-bond acceptors (Lipinski definition) is 2. The maximum atomic E-state index is 13.2. The summed E-state index contributed by atoms with van der Waals surface area (Å²) in [5.41, 5.74) is 2.12. The molecule has 1 saturated carbocycles. The molecule has 2 fully saturated rings. The Labute approximate surface area is 153 Å². The maximum Gasteiger partial charge on any atom is 0.336 e. The molecule has 1 aliphatic carbocycles. The molecule has 0 aromatic heterocycles. The van der Waals surface area contributed by atoms with Crippen molar-refractivity contribution < 1.29 is 14.7 Å². The minimum atomic E-state index is -0.977. The van der Waals surface area contributed by atoms with Crippen molar-refractivity contribution in [2.75, 3.05) is 13.1 Å². The summed E-state index contributed by atoms with van der Waals surface area (Å²) in [4.78, 5) is 26.8. The third-order valence-electron chi connectivity index (χ3n) is 5.87. The standard InChI is InChI=1S/C22H23NO3/c24-21(23-13-15-7-1-2-8-16(15)14-23)19-11-5-3-9-17(19)18-10-4-6-12-20(18)22(25)26/h3-6,9-12,15-16H,1-2,7-8,13-14H2,(H,25,26). The van der Waals surface area contributed by atoms with Crippen LogP contribution in [0.1, 0.15) is 46.4 Å². The van der Waals surface area contributed by atoms with Crippen molar-refractivity contribution in [3.8, 4) is 11.1 Å². The van der Waals surface area contributed by atoms with Crippen LogP contribution in [0, 0.1) is 11.8 Å². The van der Waals surface area contributed by atoms with Gasteiger partial charge in [0.05, 0.1) is 5.56 Å². The molecule has 4 heteroatoms. The van der Waals surface area contributed by atoms with Crippen molar-refractivity contribution in [2.45, 2.75) is 25.7 Å². The van der Waals surface area contributed by atoms with Crippen molar-refractivity contribution in [3.63, 3.8) is 0 Å². The van der Waals surface area contributed by atoms with E-state index in [9.17, 15) is 14.7 Å². The number of likely N-dealkylation sites (tertiary alicyclic amines) is 1. The third-order valence-corrected chi connectivity index (χ3v) is 5.87. The smallest absolute Gasteiger partial charge is 0.336 e. The molecule has 2 atom stereocenters. The highest BCUT2D eigenvalue weighted by molar-refractivity contribution is 6.04. The van der Waals surface area contributed by atoms with Gasteiger partial charge >= 0.3 is 5.97 Å². The number of fused-ring (bicyclic) bond motifs is 1. The summed E-state index contributed by atoms with van der Waals surface area (Å²) in [5, 5.41) is 9.51. The second kappa shape index (κ2) is 6.94. The van der Waals surface area contributed by atoms with E-state index in [0.717, 1.165) is 13.1 Å². The molecule has 2 aliphatic rings. The van der Waals surface area contributed by atoms with Crippen LogP contribution in [0.15, 0.2) is 48.5 Å². The normalized spacial score (nSPS) is 22.1. The second-order valence-electron chi connectivity index (χ2n) is 7.41. The van der Waals surface area contributed by atoms with Crippen LogP contribution in [-0.2, 0) is 0 Å². The van der Waals surface area contributed by atoms with Crippen LogP contribution in [0.3, 0.4) is 0 Å². The quantitative estimate of drug-likeness (QED) is 0.898. The van der Waals surface area contributed by atoms with E-state index >= 15 is 0 Å². The first-order valence-corrected chi connectivity index (χ1v) is 9.36. The molecule has 2 unspecified atom stereocenters. The van der Waals surface area contributed by atoms with Crippen molar-refractivity contribution in [1.29, 1.82) is 0 Å². The number of rotatable bonds is 3. The van der Waals surface area contributed by atoms with Gasteiger partial charge in [-0.2, -0.15) is 0 Å². The minimum absolute atomic E-state index is 0.0233. The molecule has 1 aliphatic heterocycles. The molecule has 1 saturated heterocycles. The van der Waals surface area contributed by atoms with E-state index in [1.807, 2.05) is 35.2 Å². The first-order chi connectivity index (χ1) is 12.6. The van der Waals surface area contributed by atoms with Gasteiger partial charge in [-0.15, -0.1) is 0 Å². The maximum absolute atomic E-state index is 13.2. The number of carbonyl (C=O) groups is 2. The van der Waals surface area contributed by atoms with Gasteiger partial charge in [-0.05, 0) is 47.9 Å². The lowest BCUT2D eigenvalue weighted by Gasteiger charge is -2.22. The molecule has 2 aromatic rings. The monoisotopic (exact) mass is 349 g/mol. The average molecular weight is 349 g/mol. The summed E-state index contributed by atoms with van der Waals surface area (Å²) in [5.74, 6) is 0.308. The van der Waals surface area contributed by atoms with Crippen LogP contribution in [0.25, 0.3) is 11.1 Å². The fourth-order valence-electron chi connectivity index (χ4n) is 4.55. The number of nitrogens with zero attached hydrogens (tertiary/aromatic N) is 1. The van der Waals surface area contributed by atoms with E-state index in [1.54, 1.807) is 18.2 Å². The van der Waals surface area contributed by atoms with Gasteiger partial charge in [0.1, 0.15) is 0 Å². The number of hydrogen-bond donors (Lipinski definition) is 1. The number of benzene rings is 2. The highest BCUT2D eigenvalue weighted by Gasteiger charge is 2.37. The molecule has 0 spiro atoms. The van der Waals surface area contributed by atoms with E-state index in [1.165, 1.54) is 25.7 Å². The van der Waals surface area contributed by atoms with Crippen LogP contribution in [-0.4, -0.2) is 35.0 Å². The molecule has 0 bridgehead atoms. The molecular formula is C22H23NO3. The van der Waals surface area contributed by atoms with Crippen molar-refractivity contribution in [2.24, 2.45) is 11.8 Å². The van der Waals surface area contributed by atoms with Gasteiger partial charge in [0, 0.05) is 18.7 Å². The van der Waals surface area contributed by atoms with E-state index in [2.05, 4.69) is 0 Å². The largest absolute Gasteiger partial charge is 0.478 e. The molecular weight excluding hydrogens is 326 g/mol. The van der Waals surface area contributed by atoms with E-state index in [-0.39, 0.29) is 11.5 Å². The van der Waals surface area contributed by atoms with Gasteiger partial charge in [0.15, 0.2) is 0 Å². The predicted molar refractivity (Wildman–Crippen MR) is 100 cm³/mol. The highest BCUT2D eigenvalue weighted by Crippen LogP contribution is 2.37. The fraction of sp³-hybridized carbons (Fsp3) is 0.364. The highest BCUT2D eigenvalue weighted by atomic mass is 16.4. The van der Waals surface area contributed by atoms with E-state index in [4.69, 9.17) is 0 Å². The number of carbonyl (C=O) groups excluding carboxylic acids is 1. The predicted octanol–water partition coefficient (Wildman–Crippen LogP) is 4.31. The molecule has 4 rings (SSSR count). The Balaban J connectivity index is 1.69. The summed E-state index contributed by atoms with van der Waals surface area (Å²) in [6.07, 6.45) is 4.98. The van der Waals surface area contributed by atoms with E-state index in [0.29, 0.717) is 28.5 Å². The number of carboxylic acid groups (broad SMARTS) is 1. The molecule has 0 radical (unpaired) electrons. The molecule has 2 aromatic carbocycles. The topological polar surface area (TPSA) is 57.6 Å². The van der Waals surface area contributed by atoms with Gasteiger partial charge in [-0.3, -0.25) is 4.79 Å². The second-order valence-corrected chi connectivity index (χ2v) is 7.41. The van der Waals surface area contributed by atoms with Gasteiger partial charge in [-0.1, -0.05) is 49.2 Å². The summed E-state index contributed by atoms with van der Waals surface area (Å²) in [7, 11) is 0. The summed E-state index contributed by atoms with van der Waals surface area (Å²) < 4.78 is 0. The first kappa shape index (κ1) is 16.8. The van der Waals surface area contributed by atoms with Crippen LogP contribution in [0.2, 0.25) is 0 Å². The molecule has 1 N–H and O–H groups in total. The fourth-order valence-corrected chi connectivity index (χ4v) is 4.55. The molecule has 26 heavy (non-hydrogen) atoms. The van der Waals surface area contributed by atoms with Gasteiger partial charge in [0.2, 0.25) is 0 Å². The number of aromatic carboxylic acids is 1. The Kier molecular flexibility index (Phi) is 4.49. The van der Waals surface area contributed by atoms with Crippen LogP contribution < -0.4 is 0 Å². The Morgan fingerprint density at radius 1 is 0.808 bits per heavy atom. The van der Waals surface area contributed by atoms with Gasteiger partial charge in [-0.25, -0.2) is 4.79 Å². The van der Waals surface area contributed by atoms with Crippen LogP contribution in [0.4, 0.5) is 0 Å². The average Bonchev–Trinajstić information content (AvgIpc) is 3.11. The summed E-state index contributed by atoms with van der Waals surface area (Å²) in [6.45, 7) is 1.66. The van der Waals surface area contributed by atoms with Crippen LogP contribution in [0.5, 0.6) is 0 Å². The molecule has 1 amide bonds. The van der Waals surface area contributed by atoms with Crippen LogP contribution >= 0.6 is 0 Å². The number of carboxylic acids is 1. The third kappa shape index (κ3) is 3.00. The van der Waals surface area contributed by atoms with E-state index < -0.39 is 5.97 Å². The molecule has 4 nitrogen and oxygen atoms in total. The molecule has 1 heterocycles. The van der Waals surface area contributed by atoms with Gasteiger partial charge in [0.25, 0.3) is 5.91 Å². The van der Waals surface area contributed by atoms with Gasteiger partial charge < -0.3 is 10.0 Å². The SMILES string of the molecule is O=C(O)c1ccccc1-c1ccccc1C(=O)N1CC2CCCCC2C1. The Bertz CT molecular complexity index is 831. The van der Waals surface area contributed by atoms with Crippen molar-refractivity contribution in [1.82, 2.24) is 4.90 Å². The zero-order valence-electron chi connectivity index (χ0n) is 14.7. The lowest BCUT2D eigenvalue weighted by Crippen LogP contribution is -2.29. The minimum Gasteiger partial charge on any atom is -0.478 e. The van der Waals surface area contributed by atoms with Crippen molar-refractivity contribution >= 4 is 11.9 Å². The Morgan fingerprint density at radius 3 is 1.88 bits per heavy atom. The number of amides is 1. The Morgan fingerprint density at radius 2 is 1.31 bits per heavy atom. The zero-order valence-corrected chi connectivity index (χ0v) is 14.7. The summed E-state index contributed by atoms with van der Waals surface area (Å²) in [6, 6.07) is 14.3. The zero-order chi connectivity index (χ0) is 18.1. The summed E-state index contributed by atoms with van der Waals surface area (Å²) >= 11 is 0. The lowest BCUT2D eigenvalue weighted by molar-refractivity contribution is 0.0696. The van der Waals surface area contributed by atoms with Crippen molar-refractivity contribution in [3.05, 3.63) is 59.7 Å². The lowest BCUT2D eigenvalue weighted by atomic mass is 9.82. The Hall–Kier alpha value is -2.62. The first-order valence-electron chi connectivity index (χ1n) is 9.36.